The summed E-state index contributed by atoms with van der Waals surface area (Å²) in [7, 11) is 0. The molecule has 2 aromatic rings. The van der Waals surface area contributed by atoms with Gasteiger partial charge in [-0.05, 0) is 55.7 Å². The molecule has 4 unspecified atom stereocenters. The first kappa shape index (κ1) is 17.1. The van der Waals surface area contributed by atoms with Crippen LogP contribution < -0.4 is 16.8 Å². The summed E-state index contributed by atoms with van der Waals surface area (Å²) in [6.45, 7) is 2.07. The molecule has 1 amide bonds. The van der Waals surface area contributed by atoms with E-state index in [0.29, 0.717) is 0 Å². The average molecular weight is 349 g/mol. The Morgan fingerprint density at radius 3 is 2.69 bits per heavy atom. The van der Waals surface area contributed by atoms with E-state index in [-0.39, 0.29) is 23.9 Å². The molecule has 1 aliphatic heterocycles. The number of nitrogens with two attached hydrogens (primary N) is 2. The number of para-hydroxylation sites is 1. The highest BCUT2D eigenvalue weighted by atomic mass is 16.1. The van der Waals surface area contributed by atoms with E-state index in [2.05, 4.69) is 48.6 Å². The van der Waals surface area contributed by atoms with Gasteiger partial charge in [0.25, 0.3) is 0 Å². The Morgan fingerprint density at radius 1 is 1.19 bits per heavy atom. The number of carbonyl (C=O) groups excluding carboxylic acids is 1. The Kier molecular flexibility index (Phi) is 4.23. The topological polar surface area (TPSA) is 81.1 Å². The second-order valence-corrected chi connectivity index (χ2v) is 7.88. The molecule has 26 heavy (non-hydrogen) atoms. The molecule has 1 heterocycles. The van der Waals surface area contributed by atoms with Crippen LogP contribution in [0.2, 0.25) is 0 Å². The van der Waals surface area contributed by atoms with Crippen molar-refractivity contribution in [1.82, 2.24) is 0 Å². The van der Waals surface area contributed by atoms with E-state index in [1.165, 1.54) is 11.1 Å². The van der Waals surface area contributed by atoms with Crippen LogP contribution >= 0.6 is 0 Å². The number of carbonyl (C=O) groups is 1. The van der Waals surface area contributed by atoms with Crippen LogP contribution in [0.4, 0.5) is 5.69 Å². The summed E-state index contributed by atoms with van der Waals surface area (Å²) in [5, 5.41) is 3.61. The van der Waals surface area contributed by atoms with Gasteiger partial charge in [-0.2, -0.15) is 0 Å². The lowest BCUT2D eigenvalue weighted by Gasteiger charge is -2.55. The van der Waals surface area contributed by atoms with Gasteiger partial charge in [0.2, 0.25) is 5.91 Å². The second-order valence-electron chi connectivity index (χ2n) is 7.88. The summed E-state index contributed by atoms with van der Waals surface area (Å²) in [6, 6.07) is 16.5. The minimum absolute atomic E-state index is 0.0458. The lowest BCUT2D eigenvalue weighted by Crippen LogP contribution is -2.62. The molecule has 0 spiro atoms. The molecule has 0 saturated heterocycles. The molecule has 5 N–H and O–H groups in total. The molecule has 136 valence electrons. The smallest absolute Gasteiger partial charge is 0.226 e. The Balaban J connectivity index is 1.64. The predicted octanol–water partition coefficient (Wildman–Crippen LogP) is 3.30. The van der Waals surface area contributed by atoms with Gasteiger partial charge in [-0.15, -0.1) is 0 Å². The third kappa shape index (κ3) is 2.60. The zero-order valence-corrected chi connectivity index (χ0v) is 15.2. The van der Waals surface area contributed by atoms with Gasteiger partial charge in [0, 0.05) is 17.8 Å². The van der Waals surface area contributed by atoms with Crippen molar-refractivity contribution >= 4 is 11.6 Å². The van der Waals surface area contributed by atoms with Crippen LogP contribution in [-0.4, -0.2) is 11.9 Å². The fraction of sp³-hybridized carbons (Fsp3) is 0.409. The predicted molar refractivity (Wildman–Crippen MR) is 105 cm³/mol. The molecule has 1 fully saturated rings. The van der Waals surface area contributed by atoms with Crippen molar-refractivity contribution in [2.75, 3.05) is 5.32 Å². The van der Waals surface area contributed by atoms with Crippen molar-refractivity contribution in [2.24, 2.45) is 22.8 Å². The molecular formula is C22H27N3O. The number of aryl methyl sites for hydroxylation is 2. The Bertz CT molecular complexity index is 834. The Labute approximate surface area is 155 Å². The van der Waals surface area contributed by atoms with E-state index in [1.54, 1.807) is 0 Å². The second kappa shape index (κ2) is 6.44. The van der Waals surface area contributed by atoms with Crippen molar-refractivity contribution in [2.45, 2.75) is 44.7 Å². The summed E-state index contributed by atoms with van der Waals surface area (Å²) in [5.41, 5.74) is 16.8. The fourth-order valence-corrected chi connectivity index (χ4v) is 4.97. The van der Waals surface area contributed by atoms with Gasteiger partial charge < -0.3 is 16.8 Å². The van der Waals surface area contributed by atoms with Crippen LogP contribution in [0.1, 0.15) is 42.0 Å². The number of fused-ring (bicyclic) bond motifs is 1. The summed E-state index contributed by atoms with van der Waals surface area (Å²) in [5.74, 6) is -0.140. The van der Waals surface area contributed by atoms with Gasteiger partial charge in [-0.3, -0.25) is 4.79 Å². The molecule has 0 radical (unpaired) electrons. The first-order valence-corrected chi connectivity index (χ1v) is 9.49. The van der Waals surface area contributed by atoms with E-state index in [4.69, 9.17) is 11.5 Å². The number of anilines is 1. The molecule has 0 bridgehead atoms. The maximum atomic E-state index is 12.7. The highest BCUT2D eigenvalue weighted by Gasteiger charge is 2.58. The van der Waals surface area contributed by atoms with Gasteiger partial charge in [-0.1, -0.05) is 48.0 Å². The van der Waals surface area contributed by atoms with E-state index in [1.807, 2.05) is 12.1 Å². The third-order valence-corrected chi connectivity index (χ3v) is 6.52. The molecule has 4 atom stereocenters. The van der Waals surface area contributed by atoms with Gasteiger partial charge in [0.1, 0.15) is 0 Å². The summed E-state index contributed by atoms with van der Waals surface area (Å²) < 4.78 is 0. The van der Waals surface area contributed by atoms with Crippen LogP contribution in [0.25, 0.3) is 0 Å². The minimum atomic E-state index is -0.573. The van der Waals surface area contributed by atoms with E-state index in [0.717, 1.165) is 36.9 Å². The van der Waals surface area contributed by atoms with Gasteiger partial charge in [0.05, 0.1) is 5.41 Å². The maximum Gasteiger partial charge on any atom is 0.226 e. The highest BCUT2D eigenvalue weighted by molar-refractivity contribution is 5.84. The average Bonchev–Trinajstić information content (AvgIpc) is 2.61. The van der Waals surface area contributed by atoms with Crippen molar-refractivity contribution in [3.63, 3.8) is 0 Å². The summed E-state index contributed by atoms with van der Waals surface area (Å²) >= 11 is 0. The summed E-state index contributed by atoms with van der Waals surface area (Å²) in [4.78, 5) is 12.7. The van der Waals surface area contributed by atoms with Gasteiger partial charge in [0.15, 0.2) is 0 Å². The van der Waals surface area contributed by atoms with Crippen molar-refractivity contribution in [3.05, 3.63) is 65.2 Å². The number of amides is 1. The maximum absolute atomic E-state index is 12.7. The normalized spacial score (nSPS) is 28.4. The van der Waals surface area contributed by atoms with Gasteiger partial charge in [-0.25, -0.2) is 0 Å². The largest absolute Gasteiger partial charge is 0.381 e. The number of hydrogen-bond donors (Lipinski definition) is 3. The van der Waals surface area contributed by atoms with Gasteiger partial charge >= 0.3 is 0 Å². The Morgan fingerprint density at radius 2 is 2.00 bits per heavy atom. The molecular weight excluding hydrogens is 322 g/mol. The zero-order valence-electron chi connectivity index (χ0n) is 15.2. The molecule has 1 saturated carbocycles. The molecule has 2 aromatic carbocycles. The molecule has 4 heteroatoms. The molecule has 2 aliphatic rings. The minimum Gasteiger partial charge on any atom is -0.381 e. The van der Waals surface area contributed by atoms with Crippen molar-refractivity contribution < 1.29 is 4.79 Å². The fourth-order valence-electron chi connectivity index (χ4n) is 4.97. The molecule has 0 aromatic heterocycles. The van der Waals surface area contributed by atoms with Crippen molar-refractivity contribution in [3.8, 4) is 0 Å². The van der Waals surface area contributed by atoms with Crippen molar-refractivity contribution in [1.29, 1.82) is 0 Å². The first-order valence-electron chi connectivity index (χ1n) is 9.49. The van der Waals surface area contributed by atoms with Crippen LogP contribution in [0, 0.1) is 18.3 Å². The monoisotopic (exact) mass is 349 g/mol. The van der Waals surface area contributed by atoms with Crippen LogP contribution in [-0.2, 0) is 11.2 Å². The van der Waals surface area contributed by atoms with E-state index in [9.17, 15) is 4.79 Å². The number of benzene rings is 2. The van der Waals surface area contributed by atoms with E-state index < -0.39 is 5.41 Å². The molecule has 4 rings (SSSR count). The summed E-state index contributed by atoms with van der Waals surface area (Å²) in [6.07, 6.45) is 3.64. The molecule has 4 nitrogen and oxygen atoms in total. The lowest BCUT2D eigenvalue weighted by molar-refractivity contribution is -0.142. The quantitative estimate of drug-likeness (QED) is 0.792. The molecule has 1 aliphatic carbocycles. The van der Waals surface area contributed by atoms with Crippen LogP contribution in [0.15, 0.2) is 48.5 Å². The SMILES string of the molecule is Cc1cccc(C(N)C2CCC2(C(N)=O)C2CCc3ccccc3N2)c1. The van der Waals surface area contributed by atoms with E-state index >= 15 is 0 Å². The third-order valence-electron chi connectivity index (χ3n) is 6.52. The number of rotatable bonds is 4. The van der Waals surface area contributed by atoms with Crippen LogP contribution in [0.3, 0.4) is 0 Å². The first-order chi connectivity index (χ1) is 12.5. The Hall–Kier alpha value is -2.33. The lowest BCUT2D eigenvalue weighted by atomic mass is 9.52. The number of primary amides is 1. The number of nitrogens with one attached hydrogen (secondary N) is 1. The number of hydrogen-bond acceptors (Lipinski definition) is 3. The standard InChI is InChI=1S/C22H27N3O/c1-14-5-4-7-16(13-14)20(23)17-11-12-22(17,21(24)26)19-10-9-15-6-2-3-8-18(15)25-19/h2-8,13,17,19-20,25H,9-12,23H2,1H3,(H2,24,26). The zero-order chi connectivity index (χ0) is 18.3. The van der Waals surface area contributed by atoms with Crippen LogP contribution in [0.5, 0.6) is 0 Å². The highest BCUT2D eigenvalue weighted by Crippen LogP contribution is 2.56.